The Labute approximate surface area is 298 Å². The summed E-state index contributed by atoms with van der Waals surface area (Å²) >= 11 is 0. The second kappa shape index (κ2) is 13.8. The smallest absolute Gasteiger partial charge is 0.327 e. The minimum absolute atomic E-state index is 0.164. The number of nitrogens with zero attached hydrogens (tertiary/aromatic N) is 1. The van der Waals surface area contributed by atoms with Crippen molar-refractivity contribution in [2.75, 3.05) is 30.8 Å². The summed E-state index contributed by atoms with van der Waals surface area (Å²) in [6, 6.07) is 22.1. The Hall–Kier alpha value is -5.70. The number of fused-ring (bicyclic) bond motifs is 3. The Kier molecular flexibility index (Phi) is 9.21. The lowest BCUT2D eigenvalue weighted by Crippen LogP contribution is -2.39. The Morgan fingerprint density at radius 2 is 1.73 bits per heavy atom. The molecule has 0 bridgehead atoms. The first-order valence-electron chi connectivity index (χ1n) is 16.4. The molecule has 3 heterocycles. The lowest BCUT2D eigenvalue weighted by atomic mass is 10.0. The summed E-state index contributed by atoms with van der Waals surface area (Å²) < 4.78 is 65.0. The summed E-state index contributed by atoms with van der Waals surface area (Å²) in [7, 11) is -2.38. The molecular weight excluding hydrogens is 692 g/mol. The van der Waals surface area contributed by atoms with Gasteiger partial charge in [-0.05, 0) is 67.6 Å². The summed E-state index contributed by atoms with van der Waals surface area (Å²) in [6.07, 6.45) is 1.20. The van der Waals surface area contributed by atoms with Gasteiger partial charge in [0.25, 0.3) is 5.91 Å². The summed E-state index contributed by atoms with van der Waals surface area (Å²) in [5.74, 6) is -0.293. The van der Waals surface area contributed by atoms with Gasteiger partial charge in [-0.2, -0.15) is 0 Å². The molecule has 0 saturated carbocycles. The highest BCUT2D eigenvalue weighted by atomic mass is 32.2. The third-order valence-corrected chi connectivity index (χ3v) is 10.1. The van der Waals surface area contributed by atoms with Gasteiger partial charge in [0.2, 0.25) is 10.0 Å². The molecule has 0 fully saturated rings. The van der Waals surface area contributed by atoms with E-state index in [0.29, 0.717) is 39.3 Å². The number of furan rings is 1. The van der Waals surface area contributed by atoms with Crippen LogP contribution in [0.4, 0.5) is 10.1 Å². The SMILES string of the molecule is CNC(=O)c1c(-c2ccc(Oc3ccc(F)cc3)cc2)oc2cc3c(cc12)[C@H](C)O[C@H](COC(=O)[C@@H](N)c1c[nH]c2ccccc12)CN3S(C)(=O)=O. The first-order valence-corrected chi connectivity index (χ1v) is 18.2. The number of H-pyrrole nitrogens is 1. The number of nitrogens with one attached hydrogen (secondary N) is 2. The number of amides is 1. The molecule has 14 heteroatoms. The molecule has 0 spiro atoms. The van der Waals surface area contributed by atoms with Crippen LogP contribution in [-0.2, 0) is 24.3 Å². The van der Waals surface area contributed by atoms with E-state index in [1.54, 1.807) is 49.5 Å². The van der Waals surface area contributed by atoms with E-state index in [-0.39, 0.29) is 35.9 Å². The fourth-order valence-corrected chi connectivity index (χ4v) is 7.35. The van der Waals surface area contributed by atoms with Gasteiger partial charge in [-0.3, -0.25) is 9.10 Å². The quantitative estimate of drug-likeness (QED) is 0.144. The number of hydrogen-bond acceptors (Lipinski definition) is 9. The predicted octanol–water partition coefficient (Wildman–Crippen LogP) is 6.34. The number of sulfonamides is 1. The number of benzene rings is 4. The van der Waals surface area contributed by atoms with E-state index in [0.717, 1.165) is 17.2 Å². The number of hydrogen-bond donors (Lipinski definition) is 3. The van der Waals surface area contributed by atoms with Crippen molar-refractivity contribution in [1.29, 1.82) is 0 Å². The van der Waals surface area contributed by atoms with Crippen LogP contribution in [0.3, 0.4) is 0 Å². The molecule has 0 aliphatic carbocycles. The van der Waals surface area contributed by atoms with Crippen LogP contribution < -0.4 is 20.1 Å². The molecule has 3 atom stereocenters. The van der Waals surface area contributed by atoms with Crippen LogP contribution in [0.15, 0.2) is 95.5 Å². The Balaban J connectivity index is 1.18. The molecule has 6 aromatic rings. The molecule has 1 aliphatic rings. The number of nitrogens with two attached hydrogens (primary N) is 1. The van der Waals surface area contributed by atoms with Crippen molar-refractivity contribution < 1.29 is 41.0 Å². The van der Waals surface area contributed by atoms with Gasteiger partial charge in [-0.25, -0.2) is 17.6 Å². The van der Waals surface area contributed by atoms with Gasteiger partial charge in [-0.1, -0.05) is 18.2 Å². The van der Waals surface area contributed by atoms with Gasteiger partial charge in [0.1, 0.15) is 47.4 Å². The molecule has 0 radical (unpaired) electrons. The van der Waals surface area contributed by atoms with E-state index in [1.807, 2.05) is 24.3 Å². The molecule has 52 heavy (non-hydrogen) atoms. The molecule has 12 nitrogen and oxygen atoms in total. The number of esters is 1. The standard InChI is InChI=1S/C38H35FN4O8S/c1-21-28-16-29-33(51-36(34(29)37(44)41-2)22-8-12-24(13-9-22)50-25-14-10-23(39)11-15-25)17-32(28)43(52(3,46)47)19-26(49-21)20-48-38(45)35(40)30-18-42-31-7-5-4-6-27(30)31/h4-18,21,26,35,42H,19-20,40H2,1-3H3,(H,41,44)/t21-,26-,35-/m0/s1. The van der Waals surface area contributed by atoms with Gasteiger partial charge in [-0.15, -0.1) is 0 Å². The number of aromatic nitrogens is 1. The van der Waals surface area contributed by atoms with Crippen molar-refractivity contribution in [3.05, 3.63) is 114 Å². The molecule has 7 rings (SSSR count). The predicted molar refractivity (Wildman–Crippen MR) is 193 cm³/mol. The molecule has 0 unspecified atom stereocenters. The van der Waals surface area contributed by atoms with Crippen LogP contribution in [-0.4, -0.2) is 57.8 Å². The zero-order valence-corrected chi connectivity index (χ0v) is 29.2. The van der Waals surface area contributed by atoms with E-state index < -0.39 is 40.1 Å². The molecule has 4 aromatic carbocycles. The monoisotopic (exact) mass is 726 g/mol. The highest BCUT2D eigenvalue weighted by Crippen LogP contribution is 2.42. The normalized spacial score (nSPS) is 16.7. The van der Waals surface area contributed by atoms with Crippen molar-refractivity contribution in [2.24, 2.45) is 5.73 Å². The fourth-order valence-electron chi connectivity index (χ4n) is 6.39. The number of carbonyl (C=O) groups is 2. The maximum absolute atomic E-state index is 13.3. The number of para-hydroxylation sites is 1. The van der Waals surface area contributed by atoms with Crippen LogP contribution in [0.5, 0.6) is 11.5 Å². The maximum atomic E-state index is 13.3. The van der Waals surface area contributed by atoms with E-state index in [4.69, 9.17) is 24.4 Å². The number of ether oxygens (including phenoxy) is 3. The number of rotatable bonds is 9. The van der Waals surface area contributed by atoms with Gasteiger partial charge in [0.15, 0.2) is 0 Å². The Morgan fingerprint density at radius 1 is 1.04 bits per heavy atom. The number of anilines is 1. The maximum Gasteiger partial charge on any atom is 0.327 e. The van der Waals surface area contributed by atoms with Crippen LogP contribution in [0, 0.1) is 5.82 Å². The minimum atomic E-state index is -3.88. The molecule has 4 N–H and O–H groups in total. The second-order valence-electron chi connectivity index (χ2n) is 12.5. The van der Waals surface area contributed by atoms with Gasteiger partial charge < -0.3 is 34.7 Å². The Bertz CT molecular complexity index is 2410. The third kappa shape index (κ3) is 6.70. The first kappa shape index (κ1) is 34.7. The zero-order chi connectivity index (χ0) is 36.7. The average molecular weight is 727 g/mol. The average Bonchev–Trinajstić information content (AvgIpc) is 3.70. The van der Waals surface area contributed by atoms with E-state index >= 15 is 0 Å². The van der Waals surface area contributed by atoms with Crippen LogP contribution >= 0.6 is 0 Å². The molecule has 2 aromatic heterocycles. The van der Waals surface area contributed by atoms with E-state index in [1.165, 1.54) is 35.6 Å². The summed E-state index contributed by atoms with van der Waals surface area (Å²) in [4.78, 5) is 29.5. The molecule has 0 saturated heterocycles. The molecule has 268 valence electrons. The number of halogens is 1. The van der Waals surface area contributed by atoms with E-state index in [9.17, 15) is 22.4 Å². The van der Waals surface area contributed by atoms with Crippen LogP contribution in [0.25, 0.3) is 33.2 Å². The summed E-state index contributed by atoms with van der Waals surface area (Å²) in [5.41, 5.74) is 9.55. The first-order chi connectivity index (χ1) is 24.9. The van der Waals surface area contributed by atoms with Crippen molar-refractivity contribution in [3.63, 3.8) is 0 Å². The lowest BCUT2D eigenvalue weighted by molar-refractivity contribution is -0.150. The topological polar surface area (TPSA) is 166 Å². The molecular formula is C38H35FN4O8S. The zero-order valence-electron chi connectivity index (χ0n) is 28.4. The second-order valence-corrected chi connectivity index (χ2v) is 14.4. The molecule has 1 amide bonds. The van der Waals surface area contributed by atoms with Crippen molar-refractivity contribution >= 4 is 49.5 Å². The van der Waals surface area contributed by atoms with Gasteiger partial charge in [0.05, 0.1) is 30.2 Å². The fraction of sp³-hybridized carbons (Fsp3) is 0.211. The number of carbonyl (C=O) groups excluding carboxylic acids is 2. The summed E-state index contributed by atoms with van der Waals surface area (Å²) in [5, 5.41) is 3.90. The van der Waals surface area contributed by atoms with Gasteiger partial charge in [0, 0.05) is 52.3 Å². The summed E-state index contributed by atoms with van der Waals surface area (Å²) in [6.45, 7) is 1.33. The van der Waals surface area contributed by atoms with Crippen LogP contribution in [0.2, 0.25) is 0 Å². The van der Waals surface area contributed by atoms with Crippen molar-refractivity contribution in [2.45, 2.75) is 25.2 Å². The highest BCUT2D eigenvalue weighted by molar-refractivity contribution is 7.92. The van der Waals surface area contributed by atoms with Crippen molar-refractivity contribution in [3.8, 4) is 22.8 Å². The Morgan fingerprint density at radius 3 is 2.42 bits per heavy atom. The third-order valence-electron chi connectivity index (χ3n) is 8.95. The number of aromatic amines is 1. The van der Waals surface area contributed by atoms with E-state index in [2.05, 4.69) is 10.3 Å². The molecule has 1 aliphatic heterocycles. The lowest BCUT2D eigenvalue weighted by Gasteiger charge is -2.25. The van der Waals surface area contributed by atoms with Crippen molar-refractivity contribution in [1.82, 2.24) is 10.3 Å². The minimum Gasteiger partial charge on any atom is -0.461 e. The van der Waals surface area contributed by atoms with Gasteiger partial charge >= 0.3 is 5.97 Å². The highest BCUT2D eigenvalue weighted by Gasteiger charge is 2.35. The van der Waals surface area contributed by atoms with Crippen LogP contribution in [0.1, 0.15) is 40.6 Å². The largest absolute Gasteiger partial charge is 0.461 e.